The van der Waals surface area contributed by atoms with Crippen LogP contribution in [0.3, 0.4) is 0 Å². The number of piperidine rings is 1. The third-order valence-corrected chi connectivity index (χ3v) is 4.81. The number of fused-ring (bicyclic) bond motifs is 1. The third kappa shape index (κ3) is 2.22. The summed E-state index contributed by atoms with van der Waals surface area (Å²) in [6.45, 7) is 7.41. The van der Waals surface area contributed by atoms with Crippen molar-refractivity contribution in [3.63, 3.8) is 0 Å². The molecule has 0 N–H and O–H groups in total. The Bertz CT molecular complexity index is 314. The van der Waals surface area contributed by atoms with Crippen molar-refractivity contribution in [3.8, 4) is 0 Å². The standard InChI is InChI=1S/C14H25N3O/c1-12-10-16-9-3-2-6-13(16)11-17(12)14(18)15-7-4-5-8-15/h12-13H,2-11H2,1H3. The minimum absolute atomic E-state index is 0.297. The van der Waals surface area contributed by atoms with E-state index in [4.69, 9.17) is 0 Å². The number of nitrogens with zero attached hydrogens (tertiary/aromatic N) is 3. The second-order valence-corrected chi connectivity index (χ2v) is 6.12. The normalized spacial score (nSPS) is 33.6. The fraction of sp³-hybridized carbons (Fsp3) is 0.929. The van der Waals surface area contributed by atoms with E-state index in [2.05, 4.69) is 21.6 Å². The van der Waals surface area contributed by atoms with E-state index in [0.717, 1.165) is 26.2 Å². The molecule has 4 heteroatoms. The molecule has 3 heterocycles. The molecule has 0 aromatic rings. The Balaban J connectivity index is 1.66. The van der Waals surface area contributed by atoms with E-state index in [1.165, 1.54) is 38.6 Å². The summed E-state index contributed by atoms with van der Waals surface area (Å²) in [7, 11) is 0. The molecule has 3 aliphatic rings. The zero-order chi connectivity index (χ0) is 12.5. The lowest BCUT2D eigenvalue weighted by molar-refractivity contribution is 0.0264. The zero-order valence-electron chi connectivity index (χ0n) is 11.5. The predicted molar refractivity (Wildman–Crippen MR) is 71.6 cm³/mol. The number of hydrogen-bond acceptors (Lipinski definition) is 2. The van der Waals surface area contributed by atoms with Gasteiger partial charge in [-0.25, -0.2) is 4.79 Å². The molecule has 0 spiro atoms. The maximum atomic E-state index is 12.5. The fourth-order valence-electron chi connectivity index (χ4n) is 3.71. The van der Waals surface area contributed by atoms with Gasteiger partial charge < -0.3 is 9.80 Å². The van der Waals surface area contributed by atoms with E-state index in [-0.39, 0.29) is 0 Å². The lowest BCUT2D eigenvalue weighted by Gasteiger charge is -2.48. The van der Waals surface area contributed by atoms with Crippen molar-refractivity contribution in [1.29, 1.82) is 0 Å². The molecule has 3 rings (SSSR count). The van der Waals surface area contributed by atoms with Gasteiger partial charge in [-0.3, -0.25) is 4.90 Å². The quantitative estimate of drug-likeness (QED) is 0.656. The molecule has 4 nitrogen and oxygen atoms in total. The predicted octanol–water partition coefficient (Wildman–Crippen LogP) is 1.76. The molecule has 2 atom stereocenters. The molecule has 102 valence electrons. The molecule has 0 aromatic heterocycles. The second-order valence-electron chi connectivity index (χ2n) is 6.12. The summed E-state index contributed by atoms with van der Waals surface area (Å²) in [5.74, 6) is 0. The van der Waals surface area contributed by atoms with E-state index in [1.807, 2.05) is 0 Å². The maximum absolute atomic E-state index is 12.5. The van der Waals surface area contributed by atoms with Crippen molar-refractivity contribution in [2.45, 2.75) is 51.1 Å². The van der Waals surface area contributed by atoms with Crippen molar-refractivity contribution < 1.29 is 4.79 Å². The number of piperazine rings is 1. The Labute approximate surface area is 110 Å². The van der Waals surface area contributed by atoms with Crippen LogP contribution in [0.25, 0.3) is 0 Å². The SMILES string of the molecule is CC1CN2CCCCC2CN1C(=O)N1CCCC1. The van der Waals surface area contributed by atoms with Gasteiger partial charge in [0.15, 0.2) is 0 Å². The van der Waals surface area contributed by atoms with Gasteiger partial charge in [-0.05, 0) is 39.2 Å². The van der Waals surface area contributed by atoms with E-state index < -0.39 is 0 Å². The summed E-state index contributed by atoms with van der Waals surface area (Å²) >= 11 is 0. The van der Waals surface area contributed by atoms with Crippen molar-refractivity contribution in [2.75, 3.05) is 32.7 Å². The Morgan fingerprint density at radius 2 is 1.72 bits per heavy atom. The van der Waals surface area contributed by atoms with Crippen LogP contribution < -0.4 is 0 Å². The fourth-order valence-corrected chi connectivity index (χ4v) is 3.71. The van der Waals surface area contributed by atoms with Crippen molar-refractivity contribution in [1.82, 2.24) is 14.7 Å². The topological polar surface area (TPSA) is 26.8 Å². The molecule has 0 bridgehead atoms. The Kier molecular flexibility index (Phi) is 3.46. The Hall–Kier alpha value is -0.770. The van der Waals surface area contributed by atoms with Crippen LogP contribution in [0.1, 0.15) is 39.0 Å². The summed E-state index contributed by atoms with van der Waals surface area (Å²) in [6.07, 6.45) is 6.31. The smallest absolute Gasteiger partial charge is 0.320 e. The van der Waals surface area contributed by atoms with Gasteiger partial charge in [0.1, 0.15) is 0 Å². The van der Waals surface area contributed by atoms with Crippen LogP contribution >= 0.6 is 0 Å². The van der Waals surface area contributed by atoms with Gasteiger partial charge in [-0.1, -0.05) is 6.42 Å². The van der Waals surface area contributed by atoms with Gasteiger partial charge in [0.25, 0.3) is 0 Å². The van der Waals surface area contributed by atoms with Gasteiger partial charge in [-0.15, -0.1) is 0 Å². The molecular weight excluding hydrogens is 226 g/mol. The summed E-state index contributed by atoms with van der Waals surface area (Å²) in [6, 6.07) is 1.30. The largest absolute Gasteiger partial charge is 0.325 e. The Morgan fingerprint density at radius 3 is 2.50 bits per heavy atom. The van der Waals surface area contributed by atoms with Crippen LogP contribution in [0.2, 0.25) is 0 Å². The van der Waals surface area contributed by atoms with Gasteiger partial charge >= 0.3 is 6.03 Å². The van der Waals surface area contributed by atoms with Gasteiger partial charge in [-0.2, -0.15) is 0 Å². The van der Waals surface area contributed by atoms with Crippen molar-refractivity contribution in [3.05, 3.63) is 0 Å². The zero-order valence-corrected chi connectivity index (χ0v) is 11.5. The number of likely N-dealkylation sites (tertiary alicyclic amines) is 1. The number of rotatable bonds is 0. The number of carbonyl (C=O) groups is 1. The van der Waals surface area contributed by atoms with Crippen LogP contribution in [-0.4, -0.2) is 65.5 Å². The number of urea groups is 1. The minimum Gasteiger partial charge on any atom is -0.325 e. The number of amides is 2. The van der Waals surface area contributed by atoms with E-state index in [9.17, 15) is 4.79 Å². The van der Waals surface area contributed by atoms with E-state index in [1.54, 1.807) is 0 Å². The first-order valence-corrected chi connectivity index (χ1v) is 7.55. The van der Waals surface area contributed by atoms with Crippen LogP contribution in [0, 0.1) is 0 Å². The molecule has 3 saturated heterocycles. The monoisotopic (exact) mass is 251 g/mol. The van der Waals surface area contributed by atoms with Crippen LogP contribution in [0.4, 0.5) is 4.79 Å². The summed E-state index contributed by atoms with van der Waals surface area (Å²) in [5.41, 5.74) is 0. The van der Waals surface area contributed by atoms with E-state index >= 15 is 0 Å². The lowest BCUT2D eigenvalue weighted by atomic mass is 9.97. The molecule has 18 heavy (non-hydrogen) atoms. The van der Waals surface area contributed by atoms with Gasteiger partial charge in [0.05, 0.1) is 0 Å². The average Bonchev–Trinajstić information content (AvgIpc) is 2.91. The lowest BCUT2D eigenvalue weighted by Crippen LogP contribution is -2.61. The van der Waals surface area contributed by atoms with Crippen LogP contribution in [0.5, 0.6) is 0 Å². The molecule has 0 saturated carbocycles. The number of hydrogen-bond donors (Lipinski definition) is 0. The van der Waals surface area contributed by atoms with Crippen LogP contribution in [-0.2, 0) is 0 Å². The second kappa shape index (κ2) is 5.08. The third-order valence-electron chi connectivity index (χ3n) is 4.81. The summed E-state index contributed by atoms with van der Waals surface area (Å²) < 4.78 is 0. The van der Waals surface area contributed by atoms with Crippen molar-refractivity contribution >= 4 is 6.03 Å². The molecule has 3 aliphatic heterocycles. The summed E-state index contributed by atoms with van der Waals surface area (Å²) in [5, 5.41) is 0. The molecule has 0 aromatic carbocycles. The first-order chi connectivity index (χ1) is 8.75. The average molecular weight is 251 g/mol. The molecule has 0 aliphatic carbocycles. The highest BCUT2D eigenvalue weighted by Crippen LogP contribution is 2.25. The molecular formula is C14H25N3O. The highest BCUT2D eigenvalue weighted by molar-refractivity contribution is 5.75. The maximum Gasteiger partial charge on any atom is 0.320 e. The Morgan fingerprint density at radius 1 is 1.00 bits per heavy atom. The highest BCUT2D eigenvalue weighted by atomic mass is 16.2. The molecule has 3 fully saturated rings. The number of carbonyl (C=O) groups excluding carboxylic acids is 1. The van der Waals surface area contributed by atoms with Crippen LogP contribution in [0.15, 0.2) is 0 Å². The summed E-state index contributed by atoms with van der Waals surface area (Å²) in [4.78, 5) is 19.3. The van der Waals surface area contributed by atoms with Gasteiger partial charge in [0, 0.05) is 38.3 Å². The molecule has 2 unspecified atom stereocenters. The first-order valence-electron chi connectivity index (χ1n) is 7.55. The minimum atomic E-state index is 0.297. The highest BCUT2D eigenvalue weighted by Gasteiger charge is 2.37. The van der Waals surface area contributed by atoms with Crippen molar-refractivity contribution in [2.24, 2.45) is 0 Å². The molecule has 2 amide bonds. The van der Waals surface area contributed by atoms with Gasteiger partial charge in [0.2, 0.25) is 0 Å². The first kappa shape index (κ1) is 12.3. The van der Waals surface area contributed by atoms with E-state index in [0.29, 0.717) is 18.1 Å². The molecule has 0 radical (unpaired) electrons.